The monoisotopic (exact) mass is 428 g/mol. The van der Waals surface area contributed by atoms with Gasteiger partial charge in [0.25, 0.3) is 0 Å². The number of halogens is 4. The second-order valence-corrected chi connectivity index (χ2v) is 9.51. The molecule has 0 spiro atoms. The lowest BCUT2D eigenvalue weighted by molar-refractivity contribution is -0.224. The van der Waals surface area contributed by atoms with Gasteiger partial charge in [0.05, 0.1) is 12.0 Å². The Balaban J connectivity index is 1.27. The molecule has 3 aliphatic rings. The van der Waals surface area contributed by atoms with Gasteiger partial charge in [-0.15, -0.1) is 0 Å². The molecule has 168 valence electrons. The number of hydrogen-bond donors (Lipinski definition) is 0. The minimum absolute atomic E-state index is 0.194. The third kappa shape index (κ3) is 4.79. The van der Waals surface area contributed by atoms with Gasteiger partial charge in [0.2, 0.25) is 0 Å². The standard InChI is InChI=1S/C24H32F4O2/c1-15-21(25)13-20(14-22(15)26)30-24(27,28)19-10-8-17(9-11-19)16-4-6-18(7-5-16)23-3-2-12-29-23/h13-14,16-19,23H,2-12H2,1H3. The van der Waals surface area contributed by atoms with E-state index in [4.69, 9.17) is 9.47 Å². The highest BCUT2D eigenvalue weighted by molar-refractivity contribution is 5.30. The van der Waals surface area contributed by atoms with Gasteiger partial charge < -0.3 is 9.47 Å². The van der Waals surface area contributed by atoms with Crippen LogP contribution >= 0.6 is 0 Å². The van der Waals surface area contributed by atoms with Gasteiger partial charge in [-0.3, -0.25) is 0 Å². The Morgan fingerprint density at radius 2 is 1.37 bits per heavy atom. The fourth-order valence-electron chi connectivity index (χ4n) is 5.81. The number of ether oxygens (including phenoxy) is 2. The van der Waals surface area contributed by atoms with E-state index >= 15 is 0 Å². The average Bonchev–Trinajstić information content (AvgIpc) is 3.27. The second kappa shape index (κ2) is 9.05. The summed E-state index contributed by atoms with van der Waals surface area (Å²) in [5.74, 6) is -1.31. The summed E-state index contributed by atoms with van der Waals surface area (Å²) >= 11 is 0. The predicted molar refractivity (Wildman–Crippen MR) is 107 cm³/mol. The van der Waals surface area contributed by atoms with E-state index in [0.717, 1.165) is 31.6 Å². The summed E-state index contributed by atoms with van der Waals surface area (Å²) in [7, 11) is 0. The van der Waals surface area contributed by atoms with Crippen LogP contribution in [0.1, 0.15) is 69.8 Å². The molecule has 3 fully saturated rings. The summed E-state index contributed by atoms with van der Waals surface area (Å²) < 4.78 is 67.3. The summed E-state index contributed by atoms with van der Waals surface area (Å²) in [6.45, 7) is 2.16. The Labute approximate surface area is 176 Å². The molecule has 6 heteroatoms. The first kappa shape index (κ1) is 21.9. The number of hydrogen-bond acceptors (Lipinski definition) is 2. The SMILES string of the molecule is Cc1c(F)cc(OC(F)(F)C2CCC(C3CCC(C4CCCO4)CC3)CC2)cc1F. The Kier molecular flexibility index (Phi) is 6.61. The van der Waals surface area contributed by atoms with Gasteiger partial charge in [-0.25, -0.2) is 8.78 Å². The van der Waals surface area contributed by atoms with Crippen molar-refractivity contribution in [2.45, 2.75) is 83.3 Å². The van der Waals surface area contributed by atoms with E-state index in [1.54, 1.807) is 0 Å². The Hall–Kier alpha value is -1.30. The van der Waals surface area contributed by atoms with Gasteiger partial charge in [0.15, 0.2) is 0 Å². The van der Waals surface area contributed by atoms with E-state index in [9.17, 15) is 17.6 Å². The summed E-state index contributed by atoms with van der Waals surface area (Å²) in [5.41, 5.74) is -0.194. The highest BCUT2D eigenvalue weighted by atomic mass is 19.3. The van der Waals surface area contributed by atoms with Crippen molar-refractivity contribution in [2.24, 2.45) is 23.7 Å². The van der Waals surface area contributed by atoms with Gasteiger partial charge >= 0.3 is 6.11 Å². The first-order chi connectivity index (χ1) is 14.3. The molecule has 2 aliphatic carbocycles. The maximum atomic E-state index is 14.7. The summed E-state index contributed by atoms with van der Waals surface area (Å²) in [6.07, 6.45) is 6.44. The van der Waals surface area contributed by atoms with Gasteiger partial charge in [-0.1, -0.05) is 0 Å². The van der Waals surface area contributed by atoms with Crippen molar-refractivity contribution in [1.29, 1.82) is 0 Å². The van der Waals surface area contributed by atoms with E-state index in [-0.39, 0.29) is 5.56 Å². The zero-order valence-electron chi connectivity index (χ0n) is 17.6. The molecule has 2 saturated carbocycles. The molecule has 0 aromatic heterocycles. The average molecular weight is 429 g/mol. The first-order valence-electron chi connectivity index (χ1n) is 11.5. The van der Waals surface area contributed by atoms with Crippen LogP contribution in [0, 0.1) is 42.2 Å². The van der Waals surface area contributed by atoms with E-state index < -0.39 is 29.4 Å². The van der Waals surface area contributed by atoms with Crippen LogP contribution in [0.3, 0.4) is 0 Å². The van der Waals surface area contributed by atoms with Crippen LogP contribution in [0.5, 0.6) is 5.75 Å². The predicted octanol–water partition coefficient (Wildman–Crippen LogP) is 7.04. The first-order valence-corrected chi connectivity index (χ1v) is 11.5. The van der Waals surface area contributed by atoms with E-state index in [1.807, 2.05) is 0 Å². The molecule has 1 aliphatic heterocycles. The van der Waals surface area contributed by atoms with Crippen LogP contribution in [-0.4, -0.2) is 18.8 Å². The van der Waals surface area contributed by atoms with Crippen molar-refractivity contribution in [1.82, 2.24) is 0 Å². The highest BCUT2D eigenvalue weighted by Crippen LogP contribution is 2.46. The molecular formula is C24H32F4O2. The molecule has 1 aromatic rings. The molecular weight excluding hydrogens is 396 g/mol. The van der Waals surface area contributed by atoms with E-state index in [1.165, 1.54) is 45.4 Å². The third-order valence-corrected chi connectivity index (χ3v) is 7.73. The molecule has 0 N–H and O–H groups in total. The van der Waals surface area contributed by atoms with Crippen LogP contribution in [0.4, 0.5) is 17.6 Å². The van der Waals surface area contributed by atoms with Gasteiger partial charge in [-0.2, -0.15) is 8.78 Å². The smallest absolute Gasteiger partial charge is 0.400 e. The molecule has 4 rings (SSSR count). The van der Waals surface area contributed by atoms with Crippen molar-refractivity contribution in [3.05, 3.63) is 29.3 Å². The quantitative estimate of drug-likeness (QED) is 0.469. The van der Waals surface area contributed by atoms with Crippen LogP contribution in [0.15, 0.2) is 12.1 Å². The molecule has 0 amide bonds. The molecule has 2 nitrogen and oxygen atoms in total. The van der Waals surface area contributed by atoms with Gasteiger partial charge in [0, 0.05) is 24.3 Å². The molecule has 1 heterocycles. The molecule has 1 saturated heterocycles. The molecule has 30 heavy (non-hydrogen) atoms. The van der Waals surface area contributed by atoms with Crippen molar-refractivity contribution in [3.63, 3.8) is 0 Å². The van der Waals surface area contributed by atoms with Crippen LogP contribution < -0.4 is 4.74 Å². The molecule has 0 bridgehead atoms. The largest absolute Gasteiger partial charge is 0.432 e. The lowest BCUT2D eigenvalue weighted by atomic mass is 9.68. The molecule has 0 radical (unpaired) electrons. The maximum Gasteiger partial charge on any atom is 0.400 e. The van der Waals surface area contributed by atoms with E-state index in [0.29, 0.717) is 36.7 Å². The number of benzene rings is 1. The highest BCUT2D eigenvalue weighted by Gasteiger charge is 2.45. The fourth-order valence-corrected chi connectivity index (χ4v) is 5.81. The maximum absolute atomic E-state index is 14.7. The normalized spacial score (nSPS) is 32.9. The second-order valence-electron chi connectivity index (χ2n) is 9.51. The Morgan fingerprint density at radius 3 is 1.90 bits per heavy atom. The number of rotatable bonds is 5. The van der Waals surface area contributed by atoms with Crippen LogP contribution in [0.2, 0.25) is 0 Å². The van der Waals surface area contributed by atoms with Crippen molar-refractivity contribution < 1.29 is 27.0 Å². The topological polar surface area (TPSA) is 18.5 Å². The van der Waals surface area contributed by atoms with Crippen LogP contribution in [-0.2, 0) is 4.74 Å². The van der Waals surface area contributed by atoms with Crippen molar-refractivity contribution in [3.8, 4) is 5.75 Å². The number of alkyl halides is 2. The van der Waals surface area contributed by atoms with Gasteiger partial charge in [0.1, 0.15) is 17.4 Å². The van der Waals surface area contributed by atoms with Crippen molar-refractivity contribution in [2.75, 3.05) is 6.61 Å². The van der Waals surface area contributed by atoms with Gasteiger partial charge in [-0.05, 0) is 88.9 Å². The zero-order chi connectivity index (χ0) is 21.3. The molecule has 1 unspecified atom stereocenters. The third-order valence-electron chi connectivity index (χ3n) is 7.73. The van der Waals surface area contributed by atoms with Crippen molar-refractivity contribution >= 4 is 0 Å². The van der Waals surface area contributed by atoms with E-state index in [2.05, 4.69) is 0 Å². The fraction of sp³-hybridized carbons (Fsp3) is 0.750. The minimum Gasteiger partial charge on any atom is -0.432 e. The minimum atomic E-state index is -3.42. The summed E-state index contributed by atoms with van der Waals surface area (Å²) in [5, 5.41) is 0. The van der Waals surface area contributed by atoms with Crippen LogP contribution in [0.25, 0.3) is 0 Å². The lowest BCUT2D eigenvalue weighted by Crippen LogP contribution is -2.38. The lowest BCUT2D eigenvalue weighted by Gasteiger charge is -2.40. The summed E-state index contributed by atoms with van der Waals surface area (Å²) in [4.78, 5) is 0. The molecule has 1 atom stereocenters. The zero-order valence-corrected chi connectivity index (χ0v) is 17.6. The molecule has 1 aromatic carbocycles. The Bertz CT molecular complexity index is 693. The Morgan fingerprint density at radius 1 is 0.833 bits per heavy atom. The summed E-state index contributed by atoms with van der Waals surface area (Å²) in [6, 6.07) is 1.68.